The molecule has 29 heavy (non-hydrogen) atoms. The van der Waals surface area contributed by atoms with E-state index in [0.29, 0.717) is 25.2 Å². The molecule has 0 aliphatic carbocycles. The molecule has 152 valence electrons. The van der Waals surface area contributed by atoms with Crippen LogP contribution < -0.4 is 0 Å². The van der Waals surface area contributed by atoms with E-state index in [1.807, 2.05) is 65.7 Å². The van der Waals surface area contributed by atoms with Gasteiger partial charge in [-0.3, -0.25) is 14.7 Å². The van der Waals surface area contributed by atoms with Gasteiger partial charge in [-0.15, -0.1) is 0 Å². The van der Waals surface area contributed by atoms with Crippen LogP contribution in [0, 0.1) is 13.8 Å². The van der Waals surface area contributed by atoms with Gasteiger partial charge in [-0.2, -0.15) is 0 Å². The molecule has 7 nitrogen and oxygen atoms in total. The lowest BCUT2D eigenvalue weighted by Crippen LogP contribution is -2.54. The van der Waals surface area contributed by atoms with Crippen molar-refractivity contribution in [2.75, 3.05) is 26.2 Å². The van der Waals surface area contributed by atoms with Crippen LogP contribution in [0.3, 0.4) is 0 Å². The van der Waals surface area contributed by atoms with Gasteiger partial charge in [0.05, 0.1) is 5.69 Å². The van der Waals surface area contributed by atoms with Crippen LogP contribution in [0.15, 0.2) is 42.6 Å². The molecule has 1 unspecified atom stereocenters. The predicted molar refractivity (Wildman–Crippen MR) is 111 cm³/mol. The third-order valence-corrected chi connectivity index (χ3v) is 5.58. The number of piperazine rings is 1. The van der Waals surface area contributed by atoms with Crippen LogP contribution in [-0.2, 0) is 6.54 Å². The fourth-order valence-corrected chi connectivity index (χ4v) is 4.02. The molecule has 4 heterocycles. The largest absolute Gasteiger partial charge is 0.396 e. The van der Waals surface area contributed by atoms with E-state index in [2.05, 4.69) is 14.9 Å². The number of aromatic nitrogens is 3. The molecule has 0 bridgehead atoms. The number of aliphatic hydroxyl groups is 1. The number of hydrogen-bond donors (Lipinski definition) is 1. The van der Waals surface area contributed by atoms with E-state index in [1.54, 1.807) is 0 Å². The van der Waals surface area contributed by atoms with Crippen LogP contribution in [0.5, 0.6) is 0 Å². The number of nitrogens with zero attached hydrogens (tertiary/aromatic N) is 5. The lowest BCUT2D eigenvalue weighted by molar-refractivity contribution is 0.0387. The van der Waals surface area contributed by atoms with Crippen molar-refractivity contribution in [2.45, 2.75) is 32.9 Å². The molecule has 4 rings (SSSR count). The fraction of sp³-hybridized carbons (Fsp3) is 0.409. The Morgan fingerprint density at radius 3 is 2.72 bits per heavy atom. The van der Waals surface area contributed by atoms with Crippen molar-refractivity contribution in [1.29, 1.82) is 0 Å². The molecule has 1 saturated heterocycles. The Morgan fingerprint density at radius 2 is 1.97 bits per heavy atom. The van der Waals surface area contributed by atoms with Crippen molar-refractivity contribution < 1.29 is 9.90 Å². The number of carbonyl (C=O) groups excluding carboxylic acids is 1. The highest BCUT2D eigenvalue weighted by atomic mass is 16.3. The van der Waals surface area contributed by atoms with Gasteiger partial charge in [0.25, 0.3) is 5.91 Å². The minimum atomic E-state index is -0.0515. The first-order valence-electron chi connectivity index (χ1n) is 10.1. The van der Waals surface area contributed by atoms with Crippen molar-refractivity contribution in [3.8, 4) is 0 Å². The summed E-state index contributed by atoms with van der Waals surface area (Å²) in [6, 6.07) is 12.0. The molecule has 0 spiro atoms. The zero-order valence-corrected chi connectivity index (χ0v) is 17.0. The smallest absolute Gasteiger partial charge is 0.274 e. The molecular weight excluding hydrogens is 366 g/mol. The summed E-state index contributed by atoms with van der Waals surface area (Å²) in [7, 11) is 0. The molecule has 1 N–H and O–H groups in total. The van der Waals surface area contributed by atoms with Crippen molar-refractivity contribution in [2.24, 2.45) is 0 Å². The van der Waals surface area contributed by atoms with E-state index in [9.17, 15) is 9.90 Å². The highest BCUT2D eigenvalue weighted by Crippen LogP contribution is 2.18. The molecule has 0 aromatic carbocycles. The van der Waals surface area contributed by atoms with Crippen molar-refractivity contribution in [3.63, 3.8) is 0 Å². The Kier molecular flexibility index (Phi) is 5.60. The van der Waals surface area contributed by atoms with E-state index in [0.717, 1.165) is 35.8 Å². The van der Waals surface area contributed by atoms with Crippen LogP contribution in [0.25, 0.3) is 5.65 Å². The maximum absolute atomic E-state index is 13.1. The molecular formula is C22H27N5O2. The topological polar surface area (TPSA) is 74.0 Å². The number of hydrogen-bond acceptors (Lipinski definition) is 5. The minimum absolute atomic E-state index is 0.0515. The SMILES string of the molecule is Cc1cccc(CN2CCN(C(=O)c3cn4c(C)cccc4n3)CC2CCO)n1. The van der Waals surface area contributed by atoms with Crippen LogP contribution in [0.1, 0.15) is 34.0 Å². The highest BCUT2D eigenvalue weighted by molar-refractivity contribution is 5.93. The zero-order chi connectivity index (χ0) is 20.4. The Balaban J connectivity index is 1.49. The minimum Gasteiger partial charge on any atom is -0.396 e. The first-order chi connectivity index (χ1) is 14.0. The van der Waals surface area contributed by atoms with Gasteiger partial charge >= 0.3 is 0 Å². The van der Waals surface area contributed by atoms with Crippen LogP contribution in [0.2, 0.25) is 0 Å². The standard InChI is InChI=1S/C22H27N5O2/c1-16-5-3-7-18(23-16)13-25-10-11-26(14-19(25)9-12-28)22(29)20-15-27-17(2)6-4-8-21(27)24-20/h3-8,15,19,28H,9-14H2,1-2H3. The fourth-order valence-electron chi connectivity index (χ4n) is 4.02. The average Bonchev–Trinajstić information content (AvgIpc) is 3.15. The molecule has 1 amide bonds. The predicted octanol–water partition coefficient (Wildman–Crippen LogP) is 2.06. The van der Waals surface area contributed by atoms with E-state index < -0.39 is 0 Å². The highest BCUT2D eigenvalue weighted by Gasteiger charge is 2.31. The third-order valence-electron chi connectivity index (χ3n) is 5.58. The molecule has 7 heteroatoms. The number of aliphatic hydroxyl groups excluding tert-OH is 1. The van der Waals surface area contributed by atoms with Gasteiger partial charge in [0.1, 0.15) is 11.3 Å². The maximum Gasteiger partial charge on any atom is 0.274 e. The van der Waals surface area contributed by atoms with E-state index in [4.69, 9.17) is 0 Å². The second-order valence-corrected chi connectivity index (χ2v) is 7.68. The molecule has 0 saturated carbocycles. The Bertz CT molecular complexity index is 1020. The van der Waals surface area contributed by atoms with Gasteiger partial charge in [-0.25, -0.2) is 4.98 Å². The van der Waals surface area contributed by atoms with Gasteiger partial charge in [0, 0.05) is 56.4 Å². The zero-order valence-electron chi connectivity index (χ0n) is 17.0. The summed E-state index contributed by atoms with van der Waals surface area (Å²) in [5, 5.41) is 9.55. The van der Waals surface area contributed by atoms with Gasteiger partial charge < -0.3 is 14.4 Å². The molecule has 1 atom stereocenters. The van der Waals surface area contributed by atoms with Gasteiger partial charge in [-0.05, 0) is 44.5 Å². The van der Waals surface area contributed by atoms with Gasteiger partial charge in [-0.1, -0.05) is 12.1 Å². The van der Waals surface area contributed by atoms with Crippen molar-refractivity contribution in [1.82, 2.24) is 24.2 Å². The average molecular weight is 393 g/mol. The Labute approximate surface area is 170 Å². The summed E-state index contributed by atoms with van der Waals surface area (Å²) < 4.78 is 1.94. The number of amides is 1. The lowest BCUT2D eigenvalue weighted by Gasteiger charge is -2.41. The number of fused-ring (bicyclic) bond motifs is 1. The molecule has 1 aliphatic heterocycles. The monoisotopic (exact) mass is 393 g/mol. The summed E-state index contributed by atoms with van der Waals surface area (Å²) in [4.78, 5) is 26.4. The second kappa shape index (κ2) is 8.31. The molecule has 1 aliphatic rings. The Hall–Kier alpha value is -2.77. The van der Waals surface area contributed by atoms with Crippen LogP contribution in [-0.4, -0.2) is 67.5 Å². The second-order valence-electron chi connectivity index (χ2n) is 7.68. The normalized spacial score (nSPS) is 17.8. The van der Waals surface area contributed by atoms with E-state index >= 15 is 0 Å². The van der Waals surface area contributed by atoms with E-state index in [-0.39, 0.29) is 18.6 Å². The molecule has 3 aromatic heterocycles. The molecule has 3 aromatic rings. The van der Waals surface area contributed by atoms with Gasteiger partial charge in [0.2, 0.25) is 0 Å². The van der Waals surface area contributed by atoms with Crippen molar-refractivity contribution >= 4 is 11.6 Å². The number of imidazole rings is 1. The van der Waals surface area contributed by atoms with Crippen LogP contribution in [0.4, 0.5) is 0 Å². The van der Waals surface area contributed by atoms with Crippen molar-refractivity contribution in [3.05, 3.63) is 65.4 Å². The summed E-state index contributed by atoms with van der Waals surface area (Å²) in [6.45, 7) is 6.77. The summed E-state index contributed by atoms with van der Waals surface area (Å²) in [5.74, 6) is -0.0515. The number of rotatable bonds is 5. The number of pyridine rings is 2. The lowest BCUT2D eigenvalue weighted by atomic mass is 10.1. The number of aryl methyl sites for hydroxylation is 2. The third kappa shape index (κ3) is 4.16. The molecule has 0 radical (unpaired) electrons. The number of carbonyl (C=O) groups is 1. The van der Waals surface area contributed by atoms with Crippen LogP contribution >= 0.6 is 0 Å². The van der Waals surface area contributed by atoms with E-state index in [1.165, 1.54) is 0 Å². The maximum atomic E-state index is 13.1. The summed E-state index contributed by atoms with van der Waals surface area (Å²) in [5.41, 5.74) is 4.31. The summed E-state index contributed by atoms with van der Waals surface area (Å²) >= 11 is 0. The molecule has 1 fully saturated rings. The Morgan fingerprint density at radius 1 is 1.14 bits per heavy atom. The quantitative estimate of drug-likeness (QED) is 0.718. The first kappa shape index (κ1) is 19.5. The summed E-state index contributed by atoms with van der Waals surface area (Å²) in [6.07, 6.45) is 2.44. The first-order valence-corrected chi connectivity index (χ1v) is 10.1. The van der Waals surface area contributed by atoms with Gasteiger partial charge in [0.15, 0.2) is 0 Å².